The first-order valence-electron chi connectivity index (χ1n) is 8.46. The highest BCUT2D eigenvalue weighted by atomic mass is 16.6. The molecule has 0 saturated heterocycles. The Labute approximate surface area is 152 Å². The molecule has 0 aromatic carbocycles. The van der Waals surface area contributed by atoms with E-state index in [4.69, 9.17) is 14.2 Å². The van der Waals surface area contributed by atoms with Crippen LogP contribution in [-0.4, -0.2) is 47.9 Å². The summed E-state index contributed by atoms with van der Waals surface area (Å²) in [5, 5.41) is 10.3. The number of fused-ring (bicyclic) bond motifs is 1. The number of carbonyl (C=O) groups excluding carboxylic acids is 3. The summed E-state index contributed by atoms with van der Waals surface area (Å²) in [5.41, 5.74) is 2.24. The fraction of sp³-hybridized carbons (Fsp3) is 0.526. The highest BCUT2D eigenvalue weighted by Gasteiger charge is 2.35. The first-order valence-corrected chi connectivity index (χ1v) is 8.46. The van der Waals surface area contributed by atoms with Crippen molar-refractivity contribution in [3.05, 3.63) is 34.9 Å². The van der Waals surface area contributed by atoms with Gasteiger partial charge in [-0.1, -0.05) is 6.58 Å². The van der Waals surface area contributed by atoms with E-state index in [-0.39, 0.29) is 13.0 Å². The number of hydrogen-bond acceptors (Lipinski definition) is 7. The second-order valence-corrected chi connectivity index (χ2v) is 6.53. The highest BCUT2D eigenvalue weighted by molar-refractivity contribution is 5.93. The van der Waals surface area contributed by atoms with Crippen LogP contribution in [-0.2, 0) is 28.6 Å². The van der Waals surface area contributed by atoms with Crippen LogP contribution in [0.3, 0.4) is 0 Å². The Kier molecular flexibility index (Phi) is 6.37. The Morgan fingerprint density at radius 2 is 2.00 bits per heavy atom. The molecule has 142 valence electrons. The minimum Gasteiger partial charge on any atom is -0.461 e. The molecule has 1 aliphatic carbocycles. The van der Waals surface area contributed by atoms with Crippen molar-refractivity contribution in [2.24, 2.45) is 0 Å². The van der Waals surface area contributed by atoms with Crippen molar-refractivity contribution in [1.82, 2.24) is 0 Å². The summed E-state index contributed by atoms with van der Waals surface area (Å²) < 4.78 is 15.7. The molecule has 26 heavy (non-hydrogen) atoms. The molecule has 0 amide bonds. The summed E-state index contributed by atoms with van der Waals surface area (Å²) >= 11 is 0. The second kappa shape index (κ2) is 8.31. The number of aliphatic hydroxyl groups excluding tert-OH is 1. The molecule has 0 unspecified atom stereocenters. The number of carbonyl (C=O) groups is 3. The van der Waals surface area contributed by atoms with Gasteiger partial charge in [0.1, 0.15) is 18.8 Å². The van der Waals surface area contributed by atoms with Gasteiger partial charge in [-0.05, 0) is 42.6 Å². The van der Waals surface area contributed by atoms with Crippen LogP contribution in [0.5, 0.6) is 0 Å². The van der Waals surface area contributed by atoms with E-state index in [1.165, 1.54) is 13.8 Å². The standard InChI is InChI=1S/C19H24O7/c1-10-5-6-14-15(9-24-12(3)20)19(23)26-18(14)7-11(2)17(8-16(10)22)25-13(4)21/h7,16-18,22H,1,5-6,8-9H2,2-4H3/b11-7+/t16-,17+,18+/m0/s1. The van der Waals surface area contributed by atoms with Gasteiger partial charge in [0, 0.05) is 20.3 Å². The molecule has 0 aromatic rings. The van der Waals surface area contributed by atoms with E-state index in [1.807, 2.05) is 0 Å². The van der Waals surface area contributed by atoms with E-state index in [1.54, 1.807) is 13.0 Å². The molecule has 0 saturated carbocycles. The van der Waals surface area contributed by atoms with Crippen LogP contribution >= 0.6 is 0 Å². The SMILES string of the molecule is C=C1CCC2=C(COC(C)=O)C(=O)O[C@@H]2/C=C(\C)[C@H](OC(C)=O)C[C@@H]1O. The lowest BCUT2D eigenvalue weighted by Gasteiger charge is -2.25. The zero-order valence-electron chi connectivity index (χ0n) is 15.2. The van der Waals surface area contributed by atoms with E-state index in [0.717, 1.165) is 0 Å². The predicted molar refractivity (Wildman–Crippen MR) is 91.8 cm³/mol. The lowest BCUT2D eigenvalue weighted by molar-refractivity contribution is -0.146. The third-order valence-electron chi connectivity index (χ3n) is 4.49. The molecule has 0 radical (unpaired) electrons. The largest absolute Gasteiger partial charge is 0.461 e. The Morgan fingerprint density at radius 3 is 2.62 bits per heavy atom. The fourth-order valence-corrected chi connectivity index (χ4v) is 3.02. The molecule has 2 rings (SSSR count). The molecule has 7 nitrogen and oxygen atoms in total. The van der Waals surface area contributed by atoms with Crippen molar-refractivity contribution in [2.75, 3.05) is 6.61 Å². The normalized spacial score (nSPS) is 28.6. The molecule has 1 N–H and O–H groups in total. The molecule has 0 fully saturated rings. The summed E-state index contributed by atoms with van der Waals surface area (Å²) in [5.74, 6) is -1.49. The van der Waals surface area contributed by atoms with Gasteiger partial charge in [0.25, 0.3) is 0 Å². The molecule has 7 heteroatoms. The molecule has 0 aromatic heterocycles. The average Bonchev–Trinajstić information content (AvgIpc) is 2.83. The Balaban J connectivity index is 2.39. The second-order valence-electron chi connectivity index (χ2n) is 6.53. The van der Waals surface area contributed by atoms with Gasteiger partial charge < -0.3 is 19.3 Å². The summed E-state index contributed by atoms with van der Waals surface area (Å²) in [6, 6.07) is 0. The quantitative estimate of drug-likeness (QED) is 0.463. The number of ether oxygens (including phenoxy) is 3. The van der Waals surface area contributed by atoms with Gasteiger partial charge >= 0.3 is 17.9 Å². The van der Waals surface area contributed by atoms with Crippen molar-refractivity contribution in [2.45, 2.75) is 58.3 Å². The lowest BCUT2D eigenvalue weighted by atomic mass is 9.90. The number of esters is 3. The maximum Gasteiger partial charge on any atom is 0.338 e. The number of aliphatic hydroxyl groups is 1. The monoisotopic (exact) mass is 364 g/mol. The van der Waals surface area contributed by atoms with Crippen LogP contribution in [0.4, 0.5) is 0 Å². The molecule has 1 aliphatic heterocycles. The maximum absolute atomic E-state index is 12.2. The van der Waals surface area contributed by atoms with Gasteiger partial charge in [-0.15, -0.1) is 0 Å². The van der Waals surface area contributed by atoms with Crippen LogP contribution in [0, 0.1) is 0 Å². The average molecular weight is 364 g/mol. The predicted octanol–water partition coefficient (Wildman–Crippen LogP) is 1.75. The summed E-state index contributed by atoms with van der Waals surface area (Å²) in [6.07, 6.45) is 0.694. The third kappa shape index (κ3) is 4.82. The van der Waals surface area contributed by atoms with Crippen molar-refractivity contribution in [3.63, 3.8) is 0 Å². The van der Waals surface area contributed by atoms with Gasteiger partial charge in [-0.25, -0.2) is 4.79 Å². The molecule has 0 bridgehead atoms. The van der Waals surface area contributed by atoms with Crippen molar-refractivity contribution in [1.29, 1.82) is 0 Å². The Morgan fingerprint density at radius 1 is 1.31 bits per heavy atom. The Bertz CT molecular complexity index is 686. The van der Waals surface area contributed by atoms with Crippen LogP contribution in [0.2, 0.25) is 0 Å². The van der Waals surface area contributed by atoms with Gasteiger partial charge in [-0.3, -0.25) is 9.59 Å². The van der Waals surface area contributed by atoms with Crippen LogP contribution in [0.15, 0.2) is 34.9 Å². The van der Waals surface area contributed by atoms with E-state index in [9.17, 15) is 19.5 Å². The third-order valence-corrected chi connectivity index (χ3v) is 4.49. The van der Waals surface area contributed by atoms with Gasteiger partial charge in [0.05, 0.1) is 11.7 Å². The molecule has 2 aliphatic rings. The van der Waals surface area contributed by atoms with Crippen LogP contribution in [0.1, 0.15) is 40.0 Å². The zero-order chi connectivity index (χ0) is 19.4. The summed E-state index contributed by atoms with van der Waals surface area (Å²) in [4.78, 5) is 34.7. The molecule has 3 atom stereocenters. The topological polar surface area (TPSA) is 99.1 Å². The van der Waals surface area contributed by atoms with E-state index >= 15 is 0 Å². The van der Waals surface area contributed by atoms with Crippen LogP contribution < -0.4 is 0 Å². The van der Waals surface area contributed by atoms with Gasteiger partial charge in [0.2, 0.25) is 0 Å². The fourth-order valence-electron chi connectivity index (χ4n) is 3.02. The minimum absolute atomic E-state index is 0.157. The van der Waals surface area contributed by atoms with Gasteiger partial charge in [-0.2, -0.15) is 0 Å². The van der Waals surface area contributed by atoms with E-state index in [2.05, 4.69) is 6.58 Å². The summed E-state index contributed by atoms with van der Waals surface area (Å²) in [7, 11) is 0. The molecular formula is C19H24O7. The van der Waals surface area contributed by atoms with Crippen molar-refractivity contribution in [3.8, 4) is 0 Å². The van der Waals surface area contributed by atoms with Crippen LogP contribution in [0.25, 0.3) is 0 Å². The Hall–Kier alpha value is -2.41. The van der Waals surface area contributed by atoms with Gasteiger partial charge in [0.15, 0.2) is 0 Å². The van der Waals surface area contributed by atoms with E-state index < -0.39 is 36.2 Å². The zero-order valence-corrected chi connectivity index (χ0v) is 15.2. The number of rotatable bonds is 3. The molecule has 0 spiro atoms. The van der Waals surface area contributed by atoms with Crippen molar-refractivity contribution >= 4 is 17.9 Å². The first-order chi connectivity index (χ1) is 12.2. The van der Waals surface area contributed by atoms with Crippen molar-refractivity contribution < 1.29 is 33.7 Å². The first kappa shape index (κ1) is 19.9. The highest BCUT2D eigenvalue weighted by Crippen LogP contribution is 2.33. The lowest BCUT2D eigenvalue weighted by Crippen LogP contribution is -2.27. The number of hydrogen-bond donors (Lipinski definition) is 1. The molecule has 1 heterocycles. The minimum atomic E-state index is -0.838. The molecular weight excluding hydrogens is 340 g/mol. The summed E-state index contributed by atoms with van der Waals surface area (Å²) in [6.45, 7) is 8.05. The van der Waals surface area contributed by atoms with E-state index in [0.29, 0.717) is 35.1 Å². The maximum atomic E-state index is 12.2. The smallest absolute Gasteiger partial charge is 0.338 e.